The van der Waals surface area contributed by atoms with Gasteiger partial charge < -0.3 is 14.9 Å². The molecule has 2 N–H and O–H groups in total. The van der Waals surface area contributed by atoms with Gasteiger partial charge in [0.25, 0.3) is 0 Å². The van der Waals surface area contributed by atoms with Crippen LogP contribution in [0.25, 0.3) is 10.6 Å². The van der Waals surface area contributed by atoms with E-state index in [1.807, 2.05) is 6.07 Å². The average Bonchev–Trinajstić information content (AvgIpc) is 2.77. The SMILES string of the molecule is COc1ccc(-c2ncc(CO)s2)cc1O. The highest BCUT2D eigenvalue weighted by Crippen LogP contribution is 2.33. The fourth-order valence-electron chi connectivity index (χ4n) is 1.34. The van der Waals surface area contributed by atoms with Crippen LogP contribution in [0.2, 0.25) is 0 Å². The Morgan fingerprint density at radius 2 is 2.25 bits per heavy atom. The number of aliphatic hydroxyl groups is 1. The molecule has 0 atom stereocenters. The van der Waals surface area contributed by atoms with Gasteiger partial charge in [-0.05, 0) is 18.2 Å². The molecule has 2 rings (SSSR count). The Labute approximate surface area is 96.8 Å². The number of aromatic hydroxyl groups is 1. The van der Waals surface area contributed by atoms with E-state index in [2.05, 4.69) is 4.98 Å². The lowest BCUT2D eigenvalue weighted by atomic mass is 10.2. The zero-order valence-electron chi connectivity index (χ0n) is 8.67. The van der Waals surface area contributed by atoms with E-state index >= 15 is 0 Å². The van der Waals surface area contributed by atoms with Crippen molar-refractivity contribution < 1.29 is 14.9 Å². The first-order valence-corrected chi connectivity index (χ1v) is 5.49. The molecule has 0 bridgehead atoms. The number of methoxy groups -OCH3 is 1. The topological polar surface area (TPSA) is 62.6 Å². The van der Waals surface area contributed by atoms with Crippen molar-refractivity contribution in [2.24, 2.45) is 0 Å². The van der Waals surface area contributed by atoms with Crippen molar-refractivity contribution in [3.63, 3.8) is 0 Å². The van der Waals surface area contributed by atoms with Crippen LogP contribution in [0.15, 0.2) is 24.4 Å². The van der Waals surface area contributed by atoms with Crippen LogP contribution in [-0.4, -0.2) is 22.3 Å². The smallest absolute Gasteiger partial charge is 0.160 e. The molecule has 1 heterocycles. The summed E-state index contributed by atoms with van der Waals surface area (Å²) in [7, 11) is 1.50. The number of phenols is 1. The molecule has 0 unspecified atom stereocenters. The number of rotatable bonds is 3. The lowest BCUT2D eigenvalue weighted by molar-refractivity contribution is 0.285. The monoisotopic (exact) mass is 237 g/mol. The van der Waals surface area contributed by atoms with E-state index in [1.54, 1.807) is 18.3 Å². The maximum Gasteiger partial charge on any atom is 0.160 e. The number of nitrogens with zero attached hydrogens (tertiary/aromatic N) is 1. The summed E-state index contributed by atoms with van der Waals surface area (Å²) in [5.41, 5.74) is 0.808. The van der Waals surface area contributed by atoms with Gasteiger partial charge in [0.15, 0.2) is 11.5 Å². The molecule has 1 aromatic heterocycles. The van der Waals surface area contributed by atoms with Gasteiger partial charge in [0, 0.05) is 11.8 Å². The average molecular weight is 237 g/mol. The Hall–Kier alpha value is -1.59. The molecule has 0 fully saturated rings. The predicted octanol–water partition coefficient (Wildman–Crippen LogP) is 2.02. The maximum atomic E-state index is 9.62. The third-order valence-electron chi connectivity index (χ3n) is 2.14. The maximum absolute atomic E-state index is 9.62. The van der Waals surface area contributed by atoms with Crippen LogP contribution in [-0.2, 0) is 6.61 Å². The second kappa shape index (κ2) is 4.51. The Morgan fingerprint density at radius 1 is 1.44 bits per heavy atom. The van der Waals surface area contributed by atoms with Crippen LogP contribution >= 0.6 is 11.3 Å². The van der Waals surface area contributed by atoms with Crippen LogP contribution in [0, 0.1) is 0 Å². The largest absolute Gasteiger partial charge is 0.504 e. The number of hydrogen-bond acceptors (Lipinski definition) is 5. The fraction of sp³-hybridized carbons (Fsp3) is 0.182. The molecule has 0 saturated carbocycles. The van der Waals surface area contributed by atoms with E-state index in [1.165, 1.54) is 18.4 Å². The lowest BCUT2D eigenvalue weighted by Gasteiger charge is -2.03. The molecule has 5 heteroatoms. The van der Waals surface area contributed by atoms with Crippen molar-refractivity contribution in [2.75, 3.05) is 7.11 Å². The number of thiazole rings is 1. The van der Waals surface area contributed by atoms with Crippen molar-refractivity contribution in [3.8, 4) is 22.1 Å². The first kappa shape index (κ1) is 10.9. The first-order chi connectivity index (χ1) is 7.74. The minimum Gasteiger partial charge on any atom is -0.504 e. The highest BCUT2D eigenvalue weighted by atomic mass is 32.1. The second-order valence-electron chi connectivity index (χ2n) is 3.18. The molecule has 84 valence electrons. The van der Waals surface area contributed by atoms with Crippen LogP contribution < -0.4 is 4.74 Å². The van der Waals surface area contributed by atoms with E-state index in [4.69, 9.17) is 9.84 Å². The summed E-state index contributed by atoms with van der Waals surface area (Å²) in [5.74, 6) is 0.517. The van der Waals surface area contributed by atoms with Gasteiger partial charge in [-0.2, -0.15) is 0 Å². The summed E-state index contributed by atoms with van der Waals surface area (Å²) in [4.78, 5) is 4.96. The van der Waals surface area contributed by atoms with E-state index in [0.29, 0.717) is 5.75 Å². The molecule has 0 aliphatic heterocycles. The number of phenolic OH excluding ortho intramolecular Hbond substituents is 1. The summed E-state index contributed by atoms with van der Waals surface area (Å²) in [6.45, 7) is -0.0141. The Morgan fingerprint density at radius 3 is 2.81 bits per heavy atom. The van der Waals surface area contributed by atoms with Crippen LogP contribution in [0.3, 0.4) is 0 Å². The molecular formula is C11H11NO3S. The van der Waals surface area contributed by atoms with E-state index in [9.17, 15) is 5.11 Å². The summed E-state index contributed by atoms with van der Waals surface area (Å²) in [5, 5.41) is 19.3. The van der Waals surface area contributed by atoms with Gasteiger partial charge in [0.1, 0.15) is 5.01 Å². The predicted molar refractivity (Wildman–Crippen MR) is 61.7 cm³/mol. The van der Waals surface area contributed by atoms with Gasteiger partial charge in [-0.25, -0.2) is 4.98 Å². The number of aromatic nitrogens is 1. The number of ether oxygens (including phenoxy) is 1. The molecule has 0 radical (unpaired) electrons. The van der Waals surface area contributed by atoms with Crippen molar-refractivity contribution in [2.45, 2.75) is 6.61 Å². The Kier molecular flexibility index (Phi) is 3.07. The Balaban J connectivity index is 2.37. The van der Waals surface area contributed by atoms with Crippen molar-refractivity contribution >= 4 is 11.3 Å². The van der Waals surface area contributed by atoms with E-state index in [-0.39, 0.29) is 12.4 Å². The normalized spacial score (nSPS) is 10.4. The molecule has 2 aromatic rings. The lowest BCUT2D eigenvalue weighted by Crippen LogP contribution is -1.83. The van der Waals surface area contributed by atoms with Crippen molar-refractivity contribution in [1.82, 2.24) is 4.98 Å². The zero-order chi connectivity index (χ0) is 11.5. The van der Waals surface area contributed by atoms with Gasteiger partial charge in [-0.1, -0.05) is 0 Å². The molecule has 0 spiro atoms. The first-order valence-electron chi connectivity index (χ1n) is 4.67. The molecule has 16 heavy (non-hydrogen) atoms. The van der Waals surface area contributed by atoms with Crippen LogP contribution in [0.1, 0.15) is 4.88 Å². The third kappa shape index (κ3) is 2.00. The molecule has 0 saturated heterocycles. The van der Waals surface area contributed by atoms with Crippen LogP contribution in [0.5, 0.6) is 11.5 Å². The zero-order valence-corrected chi connectivity index (χ0v) is 9.49. The van der Waals surface area contributed by atoms with E-state index < -0.39 is 0 Å². The minimum atomic E-state index is -0.0141. The highest BCUT2D eigenvalue weighted by molar-refractivity contribution is 7.15. The van der Waals surface area contributed by atoms with Gasteiger partial charge in [0.2, 0.25) is 0 Å². The molecule has 1 aromatic carbocycles. The summed E-state index contributed by atoms with van der Waals surface area (Å²) < 4.78 is 4.96. The third-order valence-corrected chi connectivity index (χ3v) is 3.17. The minimum absolute atomic E-state index is 0.0141. The highest BCUT2D eigenvalue weighted by Gasteiger charge is 2.07. The van der Waals surface area contributed by atoms with Crippen molar-refractivity contribution in [1.29, 1.82) is 0 Å². The van der Waals surface area contributed by atoms with Gasteiger partial charge in [-0.3, -0.25) is 0 Å². The van der Waals surface area contributed by atoms with Crippen LogP contribution in [0.4, 0.5) is 0 Å². The number of aliphatic hydroxyl groups excluding tert-OH is 1. The molecular weight excluding hydrogens is 226 g/mol. The van der Waals surface area contributed by atoms with Gasteiger partial charge in [0.05, 0.1) is 18.6 Å². The molecule has 0 aliphatic carbocycles. The quantitative estimate of drug-likeness (QED) is 0.857. The van der Waals surface area contributed by atoms with Gasteiger partial charge in [-0.15, -0.1) is 11.3 Å². The van der Waals surface area contributed by atoms with Crippen molar-refractivity contribution in [3.05, 3.63) is 29.3 Å². The second-order valence-corrected chi connectivity index (χ2v) is 4.29. The standard InChI is InChI=1S/C11H11NO3S/c1-15-10-3-2-7(4-9(10)14)11-12-5-8(6-13)16-11/h2-5,13-14H,6H2,1H3. The fourth-order valence-corrected chi connectivity index (χ4v) is 2.11. The van der Waals surface area contributed by atoms with Gasteiger partial charge >= 0.3 is 0 Å². The Bertz CT molecular complexity index is 496. The van der Waals surface area contributed by atoms with E-state index in [0.717, 1.165) is 15.4 Å². The molecule has 0 amide bonds. The summed E-state index contributed by atoms with van der Waals surface area (Å²) in [6, 6.07) is 5.10. The number of hydrogen-bond donors (Lipinski definition) is 2. The number of benzene rings is 1. The summed E-state index contributed by atoms with van der Waals surface area (Å²) in [6.07, 6.45) is 1.63. The summed E-state index contributed by atoms with van der Waals surface area (Å²) >= 11 is 1.40. The molecule has 4 nitrogen and oxygen atoms in total. The molecule has 0 aliphatic rings.